The van der Waals surface area contributed by atoms with Crippen LogP contribution < -0.4 is 19.9 Å². The van der Waals surface area contributed by atoms with Crippen LogP contribution in [0.1, 0.15) is 10.4 Å². The number of aromatic nitrogens is 3. The highest BCUT2D eigenvalue weighted by Gasteiger charge is 2.16. The Bertz CT molecular complexity index is 1310. The maximum atomic E-state index is 12.8. The minimum atomic E-state index is -0.362. The van der Waals surface area contributed by atoms with E-state index in [4.69, 9.17) is 19.9 Å². The summed E-state index contributed by atoms with van der Waals surface area (Å²) in [6.45, 7) is 0.199. The fraction of sp³-hybridized carbons (Fsp3) is 0.0952. The number of methoxy groups -OCH3 is 1. The van der Waals surface area contributed by atoms with Gasteiger partial charge < -0.3 is 19.9 Å². The van der Waals surface area contributed by atoms with Gasteiger partial charge in [-0.05, 0) is 42.0 Å². The number of hydrogen-bond acceptors (Lipinski definition) is 7. The Morgan fingerprint density at radius 2 is 2.03 bits per heavy atom. The van der Waals surface area contributed by atoms with Crippen molar-refractivity contribution in [1.29, 1.82) is 0 Å². The molecule has 0 amide bonds. The van der Waals surface area contributed by atoms with Crippen LogP contribution in [0.15, 0.2) is 48.5 Å². The average Bonchev–Trinajstić information content (AvgIpc) is 3.34. The number of pyridine rings is 1. The van der Waals surface area contributed by atoms with Crippen LogP contribution in [-0.4, -0.2) is 34.6 Å². The molecule has 0 aliphatic carbocycles. The molecule has 144 valence electrons. The fourth-order valence-corrected chi connectivity index (χ4v) is 3.23. The molecular weight excluding hydrogens is 372 g/mol. The van der Waals surface area contributed by atoms with Gasteiger partial charge in [-0.3, -0.25) is 4.79 Å². The molecule has 0 radical (unpaired) electrons. The van der Waals surface area contributed by atoms with Crippen molar-refractivity contribution >= 4 is 39.7 Å². The minimum Gasteiger partial charge on any atom is -0.497 e. The van der Waals surface area contributed by atoms with Crippen LogP contribution in [-0.2, 0) is 0 Å². The zero-order valence-electron chi connectivity index (χ0n) is 15.5. The summed E-state index contributed by atoms with van der Waals surface area (Å²) in [7, 11) is 1.59. The molecule has 5 rings (SSSR count). The Hall–Kier alpha value is -4.07. The third kappa shape index (κ3) is 2.91. The van der Waals surface area contributed by atoms with E-state index in [-0.39, 0.29) is 18.5 Å². The topological polar surface area (TPSA) is 101 Å². The van der Waals surface area contributed by atoms with Crippen LogP contribution in [0, 0.1) is 0 Å². The second-order valence-corrected chi connectivity index (χ2v) is 6.50. The molecule has 2 N–H and O–H groups in total. The second-order valence-electron chi connectivity index (χ2n) is 6.50. The molecule has 8 nitrogen and oxygen atoms in total. The van der Waals surface area contributed by atoms with Gasteiger partial charge in [0.15, 0.2) is 23.0 Å². The minimum absolute atomic E-state index is 0.199. The van der Waals surface area contributed by atoms with E-state index < -0.39 is 0 Å². The number of carbonyl (C=O) groups is 1. The lowest BCUT2D eigenvalue weighted by atomic mass is 10.2. The van der Waals surface area contributed by atoms with Gasteiger partial charge in [0.1, 0.15) is 5.75 Å². The van der Waals surface area contributed by atoms with Crippen LogP contribution in [0.25, 0.3) is 28.0 Å². The number of carbonyl (C=O) groups excluding carboxylic acids is 1. The first kappa shape index (κ1) is 17.1. The van der Waals surface area contributed by atoms with E-state index in [0.717, 1.165) is 10.9 Å². The van der Waals surface area contributed by atoms with Crippen LogP contribution in [0.5, 0.6) is 17.2 Å². The summed E-state index contributed by atoms with van der Waals surface area (Å²) < 4.78 is 17.1. The Labute approximate surface area is 165 Å². The Morgan fingerprint density at radius 1 is 1.17 bits per heavy atom. The van der Waals surface area contributed by atoms with Crippen molar-refractivity contribution < 1.29 is 19.0 Å². The first-order chi connectivity index (χ1) is 14.1. The van der Waals surface area contributed by atoms with E-state index in [2.05, 4.69) is 10.1 Å². The summed E-state index contributed by atoms with van der Waals surface area (Å²) >= 11 is 0. The molecule has 2 aromatic carbocycles. The van der Waals surface area contributed by atoms with Gasteiger partial charge in [0.25, 0.3) is 5.91 Å². The van der Waals surface area contributed by atoms with Gasteiger partial charge in [-0.25, -0.2) is 4.98 Å². The largest absolute Gasteiger partial charge is 0.497 e. The number of nitrogen functional groups attached to an aromatic ring is 1. The summed E-state index contributed by atoms with van der Waals surface area (Å²) in [6.07, 6.45) is 3.10. The predicted molar refractivity (Wildman–Crippen MR) is 108 cm³/mol. The molecule has 0 saturated heterocycles. The molecule has 1 aliphatic heterocycles. The molecular formula is C21H16N4O4. The quantitative estimate of drug-likeness (QED) is 0.538. The number of allylic oxidation sites excluding steroid dienone is 1. The third-order valence-electron chi connectivity index (χ3n) is 4.71. The summed E-state index contributed by atoms with van der Waals surface area (Å²) in [5.41, 5.74) is 7.91. The van der Waals surface area contributed by atoms with Crippen molar-refractivity contribution in [3.63, 3.8) is 0 Å². The fourth-order valence-electron chi connectivity index (χ4n) is 3.23. The van der Waals surface area contributed by atoms with Crippen molar-refractivity contribution in [3.8, 4) is 17.2 Å². The summed E-state index contributed by atoms with van der Waals surface area (Å²) in [6, 6.07) is 12.8. The molecule has 0 bridgehead atoms. The van der Waals surface area contributed by atoms with Crippen LogP contribution in [0.3, 0.4) is 0 Å². The zero-order valence-corrected chi connectivity index (χ0v) is 15.5. The van der Waals surface area contributed by atoms with E-state index in [1.165, 1.54) is 10.8 Å². The third-order valence-corrected chi connectivity index (χ3v) is 4.71. The first-order valence-electron chi connectivity index (χ1n) is 8.87. The van der Waals surface area contributed by atoms with Gasteiger partial charge in [0, 0.05) is 17.5 Å². The Kier molecular flexibility index (Phi) is 3.83. The number of nitrogens with zero attached hydrogens (tertiary/aromatic N) is 3. The molecule has 0 spiro atoms. The molecule has 0 saturated carbocycles. The molecule has 0 atom stereocenters. The normalized spacial score (nSPS) is 12.9. The van der Waals surface area contributed by atoms with Gasteiger partial charge in [-0.1, -0.05) is 6.07 Å². The van der Waals surface area contributed by atoms with Gasteiger partial charge in [0.05, 0.1) is 18.0 Å². The monoisotopic (exact) mass is 388 g/mol. The highest BCUT2D eigenvalue weighted by Crippen LogP contribution is 2.33. The van der Waals surface area contributed by atoms with Gasteiger partial charge in [0.2, 0.25) is 6.79 Å². The smallest absolute Gasteiger partial charge is 0.272 e. The number of ether oxygens (including phenoxy) is 3. The van der Waals surface area contributed by atoms with Crippen molar-refractivity contribution in [1.82, 2.24) is 14.8 Å². The summed E-state index contributed by atoms with van der Waals surface area (Å²) in [5, 5.41) is 5.68. The van der Waals surface area contributed by atoms with Crippen molar-refractivity contribution in [2.24, 2.45) is 0 Å². The van der Waals surface area contributed by atoms with Crippen molar-refractivity contribution in [3.05, 3.63) is 54.1 Å². The van der Waals surface area contributed by atoms with Crippen molar-refractivity contribution in [2.75, 3.05) is 19.6 Å². The summed E-state index contributed by atoms with van der Waals surface area (Å²) in [5.74, 6) is 1.90. The molecule has 1 aliphatic rings. The maximum absolute atomic E-state index is 12.8. The molecule has 4 aromatic rings. The molecule has 29 heavy (non-hydrogen) atoms. The zero-order chi connectivity index (χ0) is 20.0. The first-order valence-corrected chi connectivity index (χ1v) is 8.87. The SMILES string of the molecule is COc1ccc2cc3c(N)nn(C(=O)/C=C/c4ccc5c(c4)OCO5)c3nc2c1. The van der Waals surface area contributed by atoms with Gasteiger partial charge >= 0.3 is 0 Å². The van der Waals surface area contributed by atoms with E-state index in [0.29, 0.717) is 33.8 Å². The second kappa shape index (κ2) is 6.52. The lowest BCUT2D eigenvalue weighted by Gasteiger charge is -2.03. The standard InChI is InChI=1S/C21H16N4O4/c1-27-14-5-4-13-9-15-20(22)24-25(21(15)23-16(13)10-14)19(26)7-3-12-2-6-17-18(8-12)29-11-28-17/h2-10H,11H2,1H3,(H2,22,24)/b7-3+. The van der Waals surface area contributed by atoms with E-state index in [1.807, 2.05) is 24.3 Å². The number of hydrogen-bond donors (Lipinski definition) is 1. The number of anilines is 1. The molecule has 8 heteroatoms. The molecule has 0 fully saturated rings. The predicted octanol–water partition coefficient (Wildman–Crippen LogP) is 3.26. The van der Waals surface area contributed by atoms with Crippen LogP contribution in [0.2, 0.25) is 0 Å². The number of nitrogens with two attached hydrogens (primary N) is 1. The Morgan fingerprint density at radius 3 is 2.90 bits per heavy atom. The number of fused-ring (bicyclic) bond motifs is 3. The lowest BCUT2D eigenvalue weighted by Crippen LogP contribution is -2.10. The van der Waals surface area contributed by atoms with Gasteiger partial charge in [-0.2, -0.15) is 4.68 Å². The molecule has 3 heterocycles. The lowest BCUT2D eigenvalue weighted by molar-refractivity contribution is 0.0960. The van der Waals surface area contributed by atoms with E-state index in [1.54, 1.807) is 31.4 Å². The Balaban J connectivity index is 1.53. The van der Waals surface area contributed by atoms with E-state index >= 15 is 0 Å². The molecule has 0 unspecified atom stereocenters. The van der Waals surface area contributed by atoms with Crippen LogP contribution >= 0.6 is 0 Å². The van der Waals surface area contributed by atoms with Crippen LogP contribution in [0.4, 0.5) is 5.82 Å². The van der Waals surface area contributed by atoms with Crippen molar-refractivity contribution in [2.45, 2.75) is 0 Å². The highest BCUT2D eigenvalue weighted by molar-refractivity contribution is 6.04. The van der Waals surface area contributed by atoms with Gasteiger partial charge in [-0.15, -0.1) is 5.10 Å². The molecule has 2 aromatic heterocycles. The maximum Gasteiger partial charge on any atom is 0.272 e. The summed E-state index contributed by atoms with van der Waals surface area (Å²) in [4.78, 5) is 17.4. The highest BCUT2D eigenvalue weighted by atomic mass is 16.7. The average molecular weight is 388 g/mol. The number of benzene rings is 2. The van der Waals surface area contributed by atoms with E-state index in [9.17, 15) is 4.79 Å². The number of rotatable bonds is 3.